The quantitative estimate of drug-likeness (QED) is 0.879. The molecule has 21 heavy (non-hydrogen) atoms. The Kier molecular flexibility index (Phi) is 5.73. The highest BCUT2D eigenvalue weighted by atomic mass is 32.1. The van der Waals surface area contributed by atoms with E-state index in [9.17, 15) is 9.59 Å². The molecule has 2 amide bonds. The van der Waals surface area contributed by atoms with E-state index in [2.05, 4.69) is 10.3 Å². The second-order valence-corrected chi connectivity index (χ2v) is 6.44. The molecular weight excluding hydrogens is 286 g/mol. The highest BCUT2D eigenvalue weighted by molar-refractivity contribution is 7.13. The molecule has 116 valence electrons. The molecule has 1 fully saturated rings. The van der Waals surface area contributed by atoms with Crippen molar-refractivity contribution in [2.24, 2.45) is 5.92 Å². The molecule has 1 N–H and O–H groups in total. The van der Waals surface area contributed by atoms with Crippen molar-refractivity contribution in [2.45, 2.75) is 46.0 Å². The number of carbonyl (C=O) groups excluding carboxylic acids is 2. The number of anilines is 1. The summed E-state index contributed by atoms with van der Waals surface area (Å²) in [5, 5.41) is 5.26. The summed E-state index contributed by atoms with van der Waals surface area (Å²) in [6.45, 7) is 4.68. The summed E-state index contributed by atoms with van der Waals surface area (Å²) in [6, 6.07) is 0. The summed E-state index contributed by atoms with van der Waals surface area (Å²) in [6.07, 6.45) is 5.04. The van der Waals surface area contributed by atoms with Crippen LogP contribution in [0.3, 0.4) is 0 Å². The average molecular weight is 309 g/mol. The molecule has 0 radical (unpaired) electrons. The smallest absolute Gasteiger partial charge is 0.245 e. The van der Waals surface area contributed by atoms with Gasteiger partial charge in [0.1, 0.15) is 0 Å². The lowest BCUT2D eigenvalue weighted by Gasteiger charge is -2.24. The molecule has 1 aromatic heterocycles. The fraction of sp³-hybridized carbons (Fsp3) is 0.667. The Balaban J connectivity index is 1.91. The average Bonchev–Trinajstić information content (AvgIpc) is 3.09. The Bertz CT molecular complexity index is 495. The van der Waals surface area contributed by atoms with Crippen LogP contribution in [-0.4, -0.2) is 34.8 Å². The molecule has 1 aliphatic rings. The van der Waals surface area contributed by atoms with Gasteiger partial charge in [-0.1, -0.05) is 19.8 Å². The Morgan fingerprint density at radius 1 is 1.43 bits per heavy atom. The standard InChI is InChI=1S/C15H23N3O2S/c1-3-8-18(14(20)12-6-4-5-7-12)9-13(19)17-15-16-11(2)10-21-15/h10,12H,3-9H2,1-2H3,(H,16,17,19). The third-order valence-electron chi connectivity index (χ3n) is 3.71. The van der Waals surface area contributed by atoms with E-state index in [0.29, 0.717) is 11.7 Å². The third-order valence-corrected chi connectivity index (χ3v) is 4.59. The van der Waals surface area contributed by atoms with Crippen LogP contribution in [0.5, 0.6) is 0 Å². The minimum atomic E-state index is -0.163. The number of nitrogens with zero attached hydrogens (tertiary/aromatic N) is 2. The molecule has 0 aliphatic heterocycles. The first-order valence-electron chi connectivity index (χ1n) is 7.61. The summed E-state index contributed by atoms with van der Waals surface area (Å²) < 4.78 is 0. The van der Waals surface area contributed by atoms with Crippen LogP contribution in [0.2, 0.25) is 0 Å². The normalized spacial score (nSPS) is 15.1. The molecule has 0 aromatic carbocycles. The van der Waals surface area contributed by atoms with Crippen molar-refractivity contribution in [3.8, 4) is 0 Å². The van der Waals surface area contributed by atoms with Gasteiger partial charge in [0.05, 0.1) is 12.2 Å². The van der Waals surface area contributed by atoms with Gasteiger partial charge < -0.3 is 10.2 Å². The van der Waals surface area contributed by atoms with E-state index in [1.165, 1.54) is 11.3 Å². The molecule has 1 heterocycles. The van der Waals surface area contributed by atoms with Crippen LogP contribution in [0, 0.1) is 12.8 Å². The summed E-state index contributed by atoms with van der Waals surface area (Å²) >= 11 is 1.41. The van der Waals surface area contributed by atoms with Crippen LogP contribution in [0.1, 0.15) is 44.7 Å². The van der Waals surface area contributed by atoms with E-state index in [-0.39, 0.29) is 24.3 Å². The van der Waals surface area contributed by atoms with Crippen molar-refractivity contribution in [3.05, 3.63) is 11.1 Å². The number of carbonyl (C=O) groups is 2. The molecule has 0 bridgehead atoms. The van der Waals surface area contributed by atoms with E-state index in [0.717, 1.165) is 37.8 Å². The van der Waals surface area contributed by atoms with E-state index in [1.54, 1.807) is 4.90 Å². The van der Waals surface area contributed by atoms with Crippen LogP contribution >= 0.6 is 11.3 Å². The first kappa shape index (κ1) is 15.9. The van der Waals surface area contributed by atoms with E-state index < -0.39 is 0 Å². The second-order valence-electron chi connectivity index (χ2n) is 5.58. The van der Waals surface area contributed by atoms with Gasteiger partial charge in [0.2, 0.25) is 11.8 Å². The van der Waals surface area contributed by atoms with E-state index in [4.69, 9.17) is 0 Å². The molecule has 2 rings (SSSR count). The van der Waals surface area contributed by atoms with Crippen molar-refractivity contribution in [3.63, 3.8) is 0 Å². The van der Waals surface area contributed by atoms with Crippen LogP contribution < -0.4 is 5.32 Å². The zero-order valence-corrected chi connectivity index (χ0v) is 13.5. The Morgan fingerprint density at radius 2 is 2.14 bits per heavy atom. The maximum atomic E-state index is 12.5. The van der Waals surface area contributed by atoms with Crippen LogP contribution in [0.15, 0.2) is 5.38 Å². The van der Waals surface area contributed by atoms with Crippen molar-refractivity contribution in [2.75, 3.05) is 18.4 Å². The molecule has 6 heteroatoms. The molecule has 1 aromatic rings. The van der Waals surface area contributed by atoms with Crippen molar-refractivity contribution in [1.82, 2.24) is 9.88 Å². The molecule has 0 atom stereocenters. The van der Waals surface area contributed by atoms with Crippen molar-refractivity contribution < 1.29 is 9.59 Å². The fourth-order valence-corrected chi connectivity index (χ4v) is 3.42. The van der Waals surface area contributed by atoms with E-state index in [1.807, 2.05) is 19.2 Å². The zero-order valence-electron chi connectivity index (χ0n) is 12.7. The lowest BCUT2D eigenvalue weighted by molar-refractivity contribution is -0.138. The Morgan fingerprint density at radius 3 is 2.71 bits per heavy atom. The molecular formula is C15H23N3O2S. The highest BCUT2D eigenvalue weighted by Gasteiger charge is 2.28. The SMILES string of the molecule is CCCN(CC(=O)Nc1nc(C)cs1)C(=O)C1CCCC1. The molecule has 0 spiro atoms. The summed E-state index contributed by atoms with van der Waals surface area (Å²) in [5.74, 6) is 0.0930. The zero-order chi connectivity index (χ0) is 15.2. The van der Waals surface area contributed by atoms with Crippen LogP contribution in [0.25, 0.3) is 0 Å². The van der Waals surface area contributed by atoms with Gasteiger partial charge in [0, 0.05) is 17.8 Å². The first-order valence-corrected chi connectivity index (χ1v) is 8.49. The maximum Gasteiger partial charge on any atom is 0.245 e. The van der Waals surface area contributed by atoms with Gasteiger partial charge in [-0.25, -0.2) is 4.98 Å². The van der Waals surface area contributed by atoms with Crippen LogP contribution in [-0.2, 0) is 9.59 Å². The van der Waals surface area contributed by atoms with Gasteiger partial charge in [-0.05, 0) is 26.2 Å². The monoisotopic (exact) mass is 309 g/mol. The topological polar surface area (TPSA) is 62.3 Å². The van der Waals surface area contributed by atoms with Gasteiger partial charge >= 0.3 is 0 Å². The van der Waals surface area contributed by atoms with Gasteiger partial charge in [0.15, 0.2) is 5.13 Å². The largest absolute Gasteiger partial charge is 0.333 e. The number of aryl methyl sites for hydroxylation is 1. The Hall–Kier alpha value is -1.43. The number of nitrogens with one attached hydrogen (secondary N) is 1. The molecule has 5 nitrogen and oxygen atoms in total. The molecule has 0 saturated heterocycles. The first-order chi connectivity index (χ1) is 10.1. The minimum absolute atomic E-state index is 0.117. The van der Waals surface area contributed by atoms with E-state index >= 15 is 0 Å². The molecule has 1 aliphatic carbocycles. The number of hydrogen-bond donors (Lipinski definition) is 1. The van der Waals surface area contributed by atoms with Crippen molar-refractivity contribution >= 4 is 28.3 Å². The fourth-order valence-electron chi connectivity index (χ4n) is 2.71. The lowest BCUT2D eigenvalue weighted by atomic mass is 10.1. The summed E-state index contributed by atoms with van der Waals surface area (Å²) in [7, 11) is 0. The maximum absolute atomic E-state index is 12.5. The number of rotatable bonds is 6. The Labute approximate surface area is 129 Å². The lowest BCUT2D eigenvalue weighted by Crippen LogP contribution is -2.41. The minimum Gasteiger partial charge on any atom is -0.333 e. The molecule has 0 unspecified atom stereocenters. The number of thiazole rings is 1. The van der Waals surface area contributed by atoms with Gasteiger partial charge in [-0.15, -0.1) is 11.3 Å². The summed E-state index contributed by atoms with van der Waals surface area (Å²) in [4.78, 5) is 30.5. The third kappa shape index (κ3) is 4.52. The number of hydrogen-bond acceptors (Lipinski definition) is 4. The van der Waals surface area contributed by atoms with Gasteiger partial charge in [0.25, 0.3) is 0 Å². The number of aromatic nitrogens is 1. The van der Waals surface area contributed by atoms with Gasteiger partial charge in [-0.3, -0.25) is 9.59 Å². The predicted molar refractivity (Wildman–Crippen MR) is 84.3 cm³/mol. The number of amides is 2. The van der Waals surface area contributed by atoms with Gasteiger partial charge in [-0.2, -0.15) is 0 Å². The van der Waals surface area contributed by atoms with Crippen LogP contribution in [0.4, 0.5) is 5.13 Å². The van der Waals surface area contributed by atoms with Crippen molar-refractivity contribution in [1.29, 1.82) is 0 Å². The second kappa shape index (κ2) is 7.54. The summed E-state index contributed by atoms with van der Waals surface area (Å²) in [5.41, 5.74) is 0.891. The molecule has 1 saturated carbocycles. The predicted octanol–water partition coefficient (Wildman–Crippen LogP) is 2.82. The highest BCUT2D eigenvalue weighted by Crippen LogP contribution is 2.26.